The predicted octanol–water partition coefficient (Wildman–Crippen LogP) is -3.50. The van der Waals surface area contributed by atoms with Crippen LogP contribution in [0.15, 0.2) is 23.2 Å². The second-order valence-corrected chi connectivity index (χ2v) is 14.3. The van der Waals surface area contributed by atoms with Crippen LogP contribution in [0.25, 0.3) is 10.9 Å². The van der Waals surface area contributed by atoms with Gasteiger partial charge in [0.15, 0.2) is 0 Å². The number of hydrogen-bond acceptors (Lipinski definition) is 12. The molecule has 0 radical (unpaired) electrons. The summed E-state index contributed by atoms with van der Waals surface area (Å²) in [6.45, 7) is 1.98. The number of carboxylic acids is 1. The van der Waals surface area contributed by atoms with E-state index in [9.17, 15) is 53.7 Å². The number of aliphatic carboxylic acids is 1. The number of primary amides is 1. The van der Waals surface area contributed by atoms with Crippen LogP contribution in [0.2, 0.25) is 0 Å². The molecule has 4 rings (SSSR count). The van der Waals surface area contributed by atoms with Crippen molar-refractivity contribution in [1.82, 2.24) is 36.5 Å². The summed E-state index contributed by atoms with van der Waals surface area (Å²) < 4.78 is 0. The quantitative estimate of drug-likeness (QED) is 0.124. The van der Waals surface area contributed by atoms with Gasteiger partial charge in [0.05, 0.1) is 42.2 Å². The Balaban J connectivity index is 1.69. The molecule has 2 aliphatic rings. The predicted molar refractivity (Wildman–Crippen MR) is 191 cm³/mol. The molecule has 3 heterocycles. The number of hydrogen-bond donors (Lipinski definition) is 11. The number of aromatic amines is 1. The van der Waals surface area contributed by atoms with E-state index >= 15 is 0 Å². The lowest BCUT2D eigenvalue weighted by molar-refractivity contribution is -0.149. The zero-order valence-electron chi connectivity index (χ0n) is 29.5. The number of nitrogens with one attached hydrogen (secondary N) is 6. The third-order valence-corrected chi connectivity index (χ3v) is 10.3. The largest absolute Gasteiger partial charge is 0.508 e. The van der Waals surface area contributed by atoms with E-state index in [0.29, 0.717) is 27.9 Å². The van der Waals surface area contributed by atoms with Gasteiger partial charge in [-0.2, -0.15) is 0 Å². The maximum atomic E-state index is 13.9. The van der Waals surface area contributed by atoms with E-state index in [1.54, 1.807) is 19.9 Å². The van der Waals surface area contributed by atoms with Crippen LogP contribution in [0, 0.1) is 5.92 Å². The summed E-state index contributed by atoms with van der Waals surface area (Å²) in [6.07, 6.45) is -1.82. The highest BCUT2D eigenvalue weighted by Gasteiger charge is 2.42. The van der Waals surface area contributed by atoms with Crippen molar-refractivity contribution in [2.45, 2.75) is 80.9 Å². The van der Waals surface area contributed by atoms with Gasteiger partial charge in [-0.3, -0.25) is 33.6 Å². The Morgan fingerprint density at radius 3 is 2.37 bits per heavy atom. The summed E-state index contributed by atoms with van der Waals surface area (Å²) in [7, 11) is 0. The lowest BCUT2D eigenvalue weighted by Gasteiger charge is -2.28. The fourth-order valence-electron chi connectivity index (χ4n) is 6.12. The molecule has 54 heavy (non-hydrogen) atoms. The standard InChI is InChI=1S/C33H45N9O11S/c1-3-14(2)27-30(50)37-10-25(46)38-22(29(49)39-21(9-24(35)45)32(51)42-12-16(44)7-23(42)33(52)53)13-54-31-18(17-5-4-15(43)6-20(17)40-31)8-19(34)28(48)36-11-26(47)41-27/h4-6,14,16,19,21-23,27,40,43-44H,3,7-13,34H2,1-2H3,(H2,35,45)(H,36,48)(H,37,50)(H,38,46)(H,39,49)(H,41,47)(H,52,53)/t14-,16+,19-,21-,22-,23-,27-/m0/s1. The van der Waals surface area contributed by atoms with Gasteiger partial charge < -0.3 is 63.3 Å². The fourth-order valence-corrected chi connectivity index (χ4v) is 7.24. The van der Waals surface area contributed by atoms with Crippen molar-refractivity contribution in [3.63, 3.8) is 0 Å². The summed E-state index contributed by atoms with van der Waals surface area (Å²) in [5.41, 5.74) is 12.6. The molecule has 7 amide bonds. The molecule has 1 aromatic heterocycles. The highest BCUT2D eigenvalue weighted by molar-refractivity contribution is 7.99. The van der Waals surface area contributed by atoms with Crippen LogP contribution in [0.4, 0.5) is 0 Å². The van der Waals surface area contributed by atoms with Gasteiger partial charge in [0, 0.05) is 30.2 Å². The number of amides is 7. The lowest BCUT2D eigenvalue weighted by atomic mass is 9.98. The molecule has 20 nitrogen and oxygen atoms in total. The van der Waals surface area contributed by atoms with Crippen molar-refractivity contribution in [3.8, 4) is 5.75 Å². The second kappa shape index (κ2) is 18.1. The lowest BCUT2D eigenvalue weighted by Crippen LogP contribution is -2.58. The number of carboxylic acid groups (broad SMARTS) is 1. The van der Waals surface area contributed by atoms with E-state index in [-0.39, 0.29) is 30.9 Å². The summed E-state index contributed by atoms with van der Waals surface area (Å²) in [5.74, 6) is -8.05. The van der Waals surface area contributed by atoms with E-state index in [1.807, 2.05) is 0 Å². The first-order chi connectivity index (χ1) is 25.5. The van der Waals surface area contributed by atoms with Gasteiger partial charge in [-0.15, -0.1) is 11.8 Å². The van der Waals surface area contributed by atoms with Gasteiger partial charge in [-0.25, -0.2) is 4.79 Å². The number of carbonyl (C=O) groups excluding carboxylic acids is 7. The topological polar surface area (TPSA) is 328 Å². The van der Waals surface area contributed by atoms with E-state index in [1.165, 1.54) is 12.1 Å². The van der Waals surface area contributed by atoms with Crippen molar-refractivity contribution in [1.29, 1.82) is 0 Å². The number of phenolic OH excluding ortho intramolecular Hbond substituents is 1. The minimum Gasteiger partial charge on any atom is -0.508 e. The Bertz CT molecular complexity index is 1800. The molecule has 1 fully saturated rings. The Labute approximate surface area is 312 Å². The van der Waals surface area contributed by atoms with Crippen molar-refractivity contribution in [2.75, 3.05) is 25.4 Å². The summed E-state index contributed by atoms with van der Waals surface area (Å²) in [4.78, 5) is 107. The molecule has 2 aliphatic heterocycles. The smallest absolute Gasteiger partial charge is 0.326 e. The molecule has 21 heteroatoms. The number of likely N-dealkylation sites (tertiary alicyclic amines) is 1. The number of H-pyrrole nitrogens is 1. The first-order valence-corrected chi connectivity index (χ1v) is 18.1. The molecular weight excluding hydrogens is 730 g/mol. The van der Waals surface area contributed by atoms with Gasteiger partial charge in [-0.05, 0) is 30.0 Å². The number of benzene rings is 1. The average Bonchev–Trinajstić information content (AvgIpc) is 3.67. The molecule has 1 saturated heterocycles. The molecule has 294 valence electrons. The van der Waals surface area contributed by atoms with Crippen molar-refractivity contribution in [2.24, 2.45) is 17.4 Å². The van der Waals surface area contributed by atoms with Gasteiger partial charge >= 0.3 is 5.97 Å². The van der Waals surface area contributed by atoms with Gasteiger partial charge in [-0.1, -0.05) is 20.3 Å². The zero-order valence-corrected chi connectivity index (χ0v) is 30.4. The molecule has 1 aromatic carbocycles. The van der Waals surface area contributed by atoms with Gasteiger partial charge in [0.2, 0.25) is 41.4 Å². The first-order valence-electron chi connectivity index (χ1n) is 17.1. The van der Waals surface area contributed by atoms with Crippen molar-refractivity contribution < 1.29 is 53.7 Å². The minimum atomic E-state index is -1.68. The van der Waals surface area contributed by atoms with Gasteiger partial charge in [0.1, 0.15) is 29.9 Å². The minimum absolute atomic E-state index is 0.0755. The Kier molecular flexibility index (Phi) is 13.8. The first kappa shape index (κ1) is 41.3. The highest BCUT2D eigenvalue weighted by Crippen LogP contribution is 2.33. The van der Waals surface area contributed by atoms with E-state index in [0.717, 1.165) is 16.7 Å². The number of aromatic nitrogens is 1. The van der Waals surface area contributed by atoms with Crippen LogP contribution >= 0.6 is 11.8 Å². The van der Waals surface area contributed by atoms with Crippen LogP contribution in [0.1, 0.15) is 38.7 Å². The molecular formula is C33H45N9O11S. The van der Waals surface area contributed by atoms with Gasteiger partial charge in [0.25, 0.3) is 0 Å². The number of carbonyl (C=O) groups is 8. The second-order valence-electron chi connectivity index (χ2n) is 13.2. The molecule has 2 aromatic rings. The van der Waals surface area contributed by atoms with Crippen molar-refractivity contribution in [3.05, 3.63) is 23.8 Å². The summed E-state index contributed by atoms with van der Waals surface area (Å²) in [6, 6.07) is -2.44. The Morgan fingerprint density at radius 2 is 1.72 bits per heavy atom. The molecule has 7 atom stereocenters. The van der Waals surface area contributed by atoms with Crippen molar-refractivity contribution >= 4 is 70.0 Å². The summed E-state index contributed by atoms with van der Waals surface area (Å²) >= 11 is 1.00. The number of β-amino-alcohol motifs (C(OH)–C–C–N with tert-alkyl or cyclic N) is 1. The monoisotopic (exact) mass is 775 g/mol. The maximum absolute atomic E-state index is 13.9. The number of nitrogens with two attached hydrogens (primary N) is 2. The van der Waals surface area contributed by atoms with E-state index < -0.39 is 109 Å². The number of aliphatic hydroxyl groups excluding tert-OH is 1. The number of aliphatic hydroxyl groups is 1. The Morgan fingerprint density at radius 1 is 1.06 bits per heavy atom. The molecule has 0 bridgehead atoms. The SMILES string of the molecule is CC[C@H](C)[C@@H]1NC(=O)CNC(=O)[C@@H](N)Cc2c([nH]c3cc(O)ccc23)SC[C@@H](C(=O)N[C@@H](CC(N)=O)C(=O)N2C[C@H](O)C[C@H]2C(=O)O)NC(=O)CNC1=O. The normalized spacial score (nSPS) is 24.4. The van der Waals surface area contributed by atoms with Crippen LogP contribution in [-0.2, 0) is 44.8 Å². The zero-order chi connectivity index (χ0) is 39.9. The maximum Gasteiger partial charge on any atom is 0.326 e. The van der Waals surface area contributed by atoms with E-state index in [2.05, 4.69) is 31.6 Å². The average molecular weight is 776 g/mol. The number of nitrogens with zero attached hydrogens (tertiary/aromatic N) is 1. The third-order valence-electron chi connectivity index (χ3n) is 9.18. The number of thioether (sulfide) groups is 1. The molecule has 0 unspecified atom stereocenters. The molecule has 0 saturated carbocycles. The number of phenols is 1. The highest BCUT2D eigenvalue weighted by atomic mass is 32.2. The van der Waals surface area contributed by atoms with Crippen LogP contribution in [0.3, 0.4) is 0 Å². The molecule has 0 spiro atoms. The van der Waals surface area contributed by atoms with Crippen LogP contribution in [0.5, 0.6) is 5.75 Å². The summed E-state index contributed by atoms with van der Waals surface area (Å²) in [5, 5.41) is 43.1. The third kappa shape index (κ3) is 10.4. The van der Waals surface area contributed by atoms with Crippen LogP contribution < -0.4 is 38.1 Å². The van der Waals surface area contributed by atoms with E-state index in [4.69, 9.17) is 11.5 Å². The Hall–Kier alpha value is -5.41. The molecule has 13 N–H and O–H groups in total. The van der Waals surface area contributed by atoms with Crippen LogP contribution in [-0.4, -0.2) is 134 Å². The number of aromatic hydroxyl groups is 1. The number of rotatable bonds is 8. The molecule has 0 aliphatic carbocycles. The fraction of sp³-hybridized carbons (Fsp3) is 0.515. The number of fused-ring (bicyclic) bond motifs is 3.